The van der Waals surface area contributed by atoms with Crippen LogP contribution in [0.2, 0.25) is 10.0 Å². The van der Waals surface area contributed by atoms with Crippen LogP contribution in [0.1, 0.15) is 15.9 Å². The average molecular weight is 376 g/mol. The first-order chi connectivity index (χ1) is 12.0. The molecule has 0 saturated carbocycles. The smallest absolute Gasteiger partial charge is 0.256 e. The van der Waals surface area contributed by atoms with Crippen LogP contribution in [-0.2, 0) is 13.7 Å². The molecule has 0 aliphatic carbocycles. The summed E-state index contributed by atoms with van der Waals surface area (Å²) >= 11 is 11.9. The van der Waals surface area contributed by atoms with Crippen LogP contribution in [0.25, 0.3) is 0 Å². The van der Waals surface area contributed by atoms with E-state index in [2.05, 4.69) is 10.4 Å². The first-order valence-corrected chi connectivity index (χ1v) is 8.24. The van der Waals surface area contributed by atoms with Crippen LogP contribution in [0.4, 0.5) is 5.82 Å². The summed E-state index contributed by atoms with van der Waals surface area (Å²) in [5, 5.41) is 7.86. The Bertz CT molecular complexity index is 892. The third kappa shape index (κ3) is 4.53. The first kappa shape index (κ1) is 17.3. The van der Waals surface area contributed by atoms with Gasteiger partial charge in [0.15, 0.2) is 5.82 Å². The highest BCUT2D eigenvalue weighted by Crippen LogP contribution is 2.28. The van der Waals surface area contributed by atoms with Crippen molar-refractivity contribution in [3.05, 3.63) is 75.9 Å². The maximum atomic E-state index is 12.2. The van der Waals surface area contributed by atoms with E-state index in [4.69, 9.17) is 27.9 Å². The zero-order chi connectivity index (χ0) is 17.8. The second-order valence-electron chi connectivity index (χ2n) is 5.39. The zero-order valence-corrected chi connectivity index (χ0v) is 14.9. The van der Waals surface area contributed by atoms with Gasteiger partial charge in [0.1, 0.15) is 12.4 Å². The highest BCUT2D eigenvalue weighted by molar-refractivity contribution is 6.35. The molecule has 5 nitrogen and oxygen atoms in total. The van der Waals surface area contributed by atoms with Crippen molar-refractivity contribution in [2.75, 3.05) is 5.32 Å². The molecule has 1 aromatic heterocycles. The van der Waals surface area contributed by atoms with E-state index in [1.54, 1.807) is 54.3 Å². The number of carbonyl (C=O) groups is 1. The normalized spacial score (nSPS) is 10.5. The fourth-order valence-corrected chi connectivity index (χ4v) is 2.64. The van der Waals surface area contributed by atoms with Crippen molar-refractivity contribution >= 4 is 34.9 Å². The first-order valence-electron chi connectivity index (χ1n) is 7.49. The fourth-order valence-electron chi connectivity index (χ4n) is 2.18. The van der Waals surface area contributed by atoms with Crippen LogP contribution in [0, 0.1) is 0 Å². The molecule has 0 bridgehead atoms. The summed E-state index contributed by atoms with van der Waals surface area (Å²) in [7, 11) is 1.79. The molecule has 25 heavy (non-hydrogen) atoms. The lowest BCUT2D eigenvalue weighted by Crippen LogP contribution is -2.12. The molecule has 0 radical (unpaired) electrons. The third-order valence-electron chi connectivity index (χ3n) is 3.46. The summed E-state index contributed by atoms with van der Waals surface area (Å²) in [6, 6.07) is 13.9. The van der Waals surface area contributed by atoms with Gasteiger partial charge < -0.3 is 10.1 Å². The molecule has 0 spiro atoms. The number of hydrogen-bond acceptors (Lipinski definition) is 3. The van der Waals surface area contributed by atoms with Crippen molar-refractivity contribution < 1.29 is 9.53 Å². The SMILES string of the molecule is Cn1ccc(NC(=O)c2ccc(COc3ccc(Cl)cc3Cl)cc2)n1. The van der Waals surface area contributed by atoms with Crippen LogP contribution in [-0.4, -0.2) is 15.7 Å². The number of halogens is 2. The van der Waals surface area contributed by atoms with E-state index in [9.17, 15) is 4.79 Å². The monoisotopic (exact) mass is 375 g/mol. The highest BCUT2D eigenvalue weighted by Gasteiger charge is 2.08. The van der Waals surface area contributed by atoms with Crippen molar-refractivity contribution in [1.82, 2.24) is 9.78 Å². The summed E-state index contributed by atoms with van der Waals surface area (Å²) in [6.45, 7) is 0.337. The van der Waals surface area contributed by atoms with E-state index in [1.165, 1.54) is 0 Å². The van der Waals surface area contributed by atoms with Gasteiger partial charge in [-0.25, -0.2) is 0 Å². The van der Waals surface area contributed by atoms with E-state index in [0.717, 1.165) is 5.56 Å². The van der Waals surface area contributed by atoms with Gasteiger partial charge in [-0.05, 0) is 35.9 Å². The molecule has 3 aromatic rings. The highest BCUT2D eigenvalue weighted by atomic mass is 35.5. The maximum Gasteiger partial charge on any atom is 0.256 e. The Hall–Kier alpha value is -2.50. The number of rotatable bonds is 5. The van der Waals surface area contributed by atoms with Gasteiger partial charge in [-0.2, -0.15) is 5.10 Å². The minimum absolute atomic E-state index is 0.216. The van der Waals surface area contributed by atoms with Crippen LogP contribution >= 0.6 is 23.2 Å². The largest absolute Gasteiger partial charge is 0.487 e. The molecule has 7 heteroatoms. The van der Waals surface area contributed by atoms with Crippen molar-refractivity contribution in [3.63, 3.8) is 0 Å². The van der Waals surface area contributed by atoms with Crippen LogP contribution < -0.4 is 10.1 Å². The second-order valence-corrected chi connectivity index (χ2v) is 6.23. The van der Waals surface area contributed by atoms with Gasteiger partial charge in [-0.15, -0.1) is 0 Å². The van der Waals surface area contributed by atoms with Crippen LogP contribution in [0.3, 0.4) is 0 Å². The van der Waals surface area contributed by atoms with Gasteiger partial charge in [0.05, 0.1) is 5.02 Å². The molecule has 0 aliphatic heterocycles. The Labute approximate surface area is 155 Å². The number of anilines is 1. The predicted octanol–water partition coefficient (Wildman–Crippen LogP) is 4.56. The maximum absolute atomic E-state index is 12.2. The Kier molecular flexibility index (Phi) is 5.26. The summed E-state index contributed by atoms with van der Waals surface area (Å²) in [5.74, 6) is 0.854. The Balaban J connectivity index is 1.60. The minimum atomic E-state index is -0.216. The van der Waals surface area contributed by atoms with E-state index < -0.39 is 0 Å². The number of nitrogens with zero attached hydrogens (tertiary/aromatic N) is 2. The number of benzene rings is 2. The number of nitrogens with one attached hydrogen (secondary N) is 1. The number of aryl methyl sites for hydroxylation is 1. The van der Waals surface area contributed by atoms with Crippen molar-refractivity contribution in [1.29, 1.82) is 0 Å². The standard InChI is InChI=1S/C18H15Cl2N3O2/c1-23-9-8-17(22-23)21-18(24)13-4-2-12(3-5-13)11-25-16-7-6-14(19)10-15(16)20/h2-10H,11H2,1H3,(H,21,22,24). The summed E-state index contributed by atoms with van der Waals surface area (Å²) < 4.78 is 7.30. The van der Waals surface area contributed by atoms with Gasteiger partial charge in [0.2, 0.25) is 0 Å². The third-order valence-corrected chi connectivity index (χ3v) is 3.99. The van der Waals surface area contributed by atoms with Gasteiger partial charge in [-0.3, -0.25) is 9.48 Å². The molecular formula is C18H15Cl2N3O2. The molecule has 0 atom stereocenters. The molecule has 128 valence electrons. The van der Waals surface area contributed by atoms with Gasteiger partial charge in [0.25, 0.3) is 5.91 Å². The van der Waals surface area contributed by atoms with E-state index >= 15 is 0 Å². The topological polar surface area (TPSA) is 56.2 Å². The molecule has 1 amide bonds. The molecule has 1 heterocycles. The number of carbonyl (C=O) groups excluding carboxylic acids is 1. The molecular weight excluding hydrogens is 361 g/mol. The summed E-state index contributed by atoms with van der Waals surface area (Å²) in [5.41, 5.74) is 1.46. The number of hydrogen-bond donors (Lipinski definition) is 1. The van der Waals surface area contributed by atoms with Crippen molar-refractivity contribution in [2.45, 2.75) is 6.61 Å². The van der Waals surface area contributed by atoms with E-state index in [0.29, 0.717) is 33.8 Å². The van der Waals surface area contributed by atoms with Crippen molar-refractivity contribution in [3.8, 4) is 5.75 Å². The number of ether oxygens (including phenoxy) is 1. The minimum Gasteiger partial charge on any atom is -0.487 e. The Morgan fingerprint density at radius 3 is 2.56 bits per heavy atom. The molecule has 2 aromatic carbocycles. The molecule has 1 N–H and O–H groups in total. The van der Waals surface area contributed by atoms with Crippen LogP contribution in [0.15, 0.2) is 54.7 Å². The molecule has 0 aliphatic rings. The van der Waals surface area contributed by atoms with Crippen molar-refractivity contribution in [2.24, 2.45) is 7.05 Å². The lowest BCUT2D eigenvalue weighted by atomic mass is 10.1. The summed E-state index contributed by atoms with van der Waals surface area (Å²) in [6.07, 6.45) is 1.76. The van der Waals surface area contributed by atoms with Gasteiger partial charge in [-0.1, -0.05) is 35.3 Å². The second kappa shape index (κ2) is 7.59. The zero-order valence-electron chi connectivity index (χ0n) is 13.4. The molecule has 0 fully saturated rings. The number of amides is 1. The van der Waals surface area contributed by atoms with Crippen LogP contribution in [0.5, 0.6) is 5.75 Å². The Morgan fingerprint density at radius 2 is 1.92 bits per heavy atom. The molecule has 3 rings (SSSR count). The molecule has 0 unspecified atom stereocenters. The van der Waals surface area contributed by atoms with Gasteiger partial charge >= 0.3 is 0 Å². The van der Waals surface area contributed by atoms with E-state index in [1.807, 2.05) is 12.1 Å². The van der Waals surface area contributed by atoms with E-state index in [-0.39, 0.29) is 5.91 Å². The molecule has 0 saturated heterocycles. The number of aromatic nitrogens is 2. The lowest BCUT2D eigenvalue weighted by molar-refractivity contribution is 0.102. The van der Waals surface area contributed by atoms with Gasteiger partial charge in [0, 0.05) is 29.9 Å². The average Bonchev–Trinajstić information content (AvgIpc) is 2.99. The predicted molar refractivity (Wildman–Crippen MR) is 98.4 cm³/mol. The summed E-state index contributed by atoms with van der Waals surface area (Å²) in [4.78, 5) is 12.2. The lowest BCUT2D eigenvalue weighted by Gasteiger charge is -2.09. The fraction of sp³-hybridized carbons (Fsp3) is 0.111. The Morgan fingerprint density at radius 1 is 1.16 bits per heavy atom. The quantitative estimate of drug-likeness (QED) is 0.710.